The number of carboxylic acid groups (broad SMARTS) is 1. The zero-order valence-electron chi connectivity index (χ0n) is 12.1. The molecule has 0 fully saturated rings. The summed E-state index contributed by atoms with van der Waals surface area (Å²) >= 11 is 0. The molecular formula is C12H16O10. The Morgan fingerprint density at radius 2 is 1.23 bits per heavy atom. The number of aliphatic carboxylic acids is 1. The fourth-order valence-electron chi connectivity index (χ4n) is 1.50. The van der Waals surface area contributed by atoms with Gasteiger partial charge in [0, 0.05) is 20.8 Å². The average Bonchev–Trinajstić information content (AvgIpc) is 2.38. The first-order valence-electron chi connectivity index (χ1n) is 5.98. The fraction of sp³-hybridized carbons (Fsp3) is 0.583. The number of Topliss-reactive ketones (excluding diaryl/α,β-unsaturated/α-hetero) is 1. The van der Waals surface area contributed by atoms with E-state index in [9.17, 15) is 24.0 Å². The number of aliphatic hydroxyl groups excluding tert-OH is 1. The van der Waals surface area contributed by atoms with E-state index in [0.717, 1.165) is 20.8 Å². The van der Waals surface area contributed by atoms with Crippen molar-refractivity contribution in [3.63, 3.8) is 0 Å². The van der Waals surface area contributed by atoms with Gasteiger partial charge in [-0.2, -0.15) is 0 Å². The lowest BCUT2D eigenvalue weighted by atomic mass is 10.0. The molecule has 0 aromatic carbocycles. The Hall–Kier alpha value is -2.49. The highest BCUT2D eigenvalue weighted by atomic mass is 16.6. The van der Waals surface area contributed by atoms with Crippen LogP contribution in [0.15, 0.2) is 0 Å². The monoisotopic (exact) mass is 320 g/mol. The number of hydrogen-bond acceptors (Lipinski definition) is 9. The number of ketones is 1. The Morgan fingerprint density at radius 3 is 1.55 bits per heavy atom. The Kier molecular flexibility index (Phi) is 7.73. The van der Waals surface area contributed by atoms with Crippen molar-refractivity contribution in [1.82, 2.24) is 0 Å². The molecule has 0 aromatic heterocycles. The molecule has 0 aliphatic carbocycles. The van der Waals surface area contributed by atoms with Crippen LogP contribution in [0.3, 0.4) is 0 Å². The first kappa shape index (κ1) is 19.5. The number of carboxylic acids is 1. The third-order valence-corrected chi connectivity index (χ3v) is 2.20. The minimum Gasteiger partial charge on any atom is -0.478 e. The highest BCUT2D eigenvalue weighted by molar-refractivity contribution is 5.89. The van der Waals surface area contributed by atoms with Crippen molar-refractivity contribution < 1.29 is 48.4 Å². The first-order valence-corrected chi connectivity index (χ1v) is 5.98. The molecule has 2 N–H and O–H groups in total. The van der Waals surface area contributed by atoms with Crippen molar-refractivity contribution in [2.45, 2.75) is 39.1 Å². The fourth-order valence-corrected chi connectivity index (χ4v) is 1.50. The number of aliphatic hydroxyl groups is 1. The molecule has 0 spiro atoms. The maximum Gasteiger partial charge on any atom is 0.349 e. The largest absolute Gasteiger partial charge is 0.478 e. The summed E-state index contributed by atoms with van der Waals surface area (Å²) in [6.07, 6.45) is -5.98. The van der Waals surface area contributed by atoms with Crippen LogP contribution in [-0.2, 0) is 38.2 Å². The normalized spacial score (nSPS) is 14.2. The van der Waals surface area contributed by atoms with Crippen LogP contribution in [0.2, 0.25) is 0 Å². The average molecular weight is 320 g/mol. The Bertz CT molecular complexity index is 469. The second kappa shape index (κ2) is 8.72. The molecule has 0 rings (SSSR count). The van der Waals surface area contributed by atoms with Gasteiger partial charge < -0.3 is 24.4 Å². The van der Waals surface area contributed by atoms with E-state index in [0.29, 0.717) is 0 Å². The van der Waals surface area contributed by atoms with E-state index in [4.69, 9.17) is 10.2 Å². The van der Waals surface area contributed by atoms with Gasteiger partial charge in [0.15, 0.2) is 6.10 Å². The molecule has 22 heavy (non-hydrogen) atoms. The molecule has 0 unspecified atom stereocenters. The summed E-state index contributed by atoms with van der Waals surface area (Å²) in [6, 6.07) is 0. The summed E-state index contributed by atoms with van der Waals surface area (Å²) in [7, 11) is 0. The Morgan fingerprint density at radius 1 is 0.818 bits per heavy atom. The molecule has 0 aliphatic rings. The van der Waals surface area contributed by atoms with Gasteiger partial charge in [-0.05, 0) is 0 Å². The highest BCUT2D eigenvalue weighted by Crippen LogP contribution is 2.15. The van der Waals surface area contributed by atoms with E-state index in [1.807, 2.05) is 0 Å². The van der Waals surface area contributed by atoms with Crippen molar-refractivity contribution in [3.8, 4) is 0 Å². The smallest absolute Gasteiger partial charge is 0.349 e. The lowest BCUT2D eigenvalue weighted by molar-refractivity contribution is -0.192. The summed E-state index contributed by atoms with van der Waals surface area (Å²) in [5.41, 5.74) is 0. The molecule has 3 atom stereocenters. The van der Waals surface area contributed by atoms with Crippen LogP contribution in [-0.4, -0.2) is 64.8 Å². The van der Waals surface area contributed by atoms with Crippen LogP contribution < -0.4 is 0 Å². The number of hydrogen-bond donors (Lipinski definition) is 2. The Labute approximate surface area is 124 Å². The molecule has 0 amide bonds. The van der Waals surface area contributed by atoms with Crippen LogP contribution >= 0.6 is 0 Å². The maximum atomic E-state index is 11.6. The molecule has 0 saturated carbocycles. The summed E-state index contributed by atoms with van der Waals surface area (Å²) in [5, 5.41) is 17.9. The van der Waals surface area contributed by atoms with Gasteiger partial charge in [-0.25, -0.2) is 4.79 Å². The zero-order chi connectivity index (χ0) is 17.4. The summed E-state index contributed by atoms with van der Waals surface area (Å²) < 4.78 is 13.7. The van der Waals surface area contributed by atoms with Crippen LogP contribution in [0.25, 0.3) is 0 Å². The van der Waals surface area contributed by atoms with Gasteiger partial charge >= 0.3 is 23.9 Å². The van der Waals surface area contributed by atoms with Crippen molar-refractivity contribution in [1.29, 1.82) is 0 Å². The third-order valence-electron chi connectivity index (χ3n) is 2.20. The molecule has 124 valence electrons. The molecule has 0 saturated heterocycles. The minimum absolute atomic E-state index is 0.898. The van der Waals surface area contributed by atoms with E-state index in [1.54, 1.807) is 0 Å². The third kappa shape index (κ3) is 6.31. The number of carbonyl (C=O) groups is 5. The van der Waals surface area contributed by atoms with Crippen molar-refractivity contribution in [3.05, 3.63) is 0 Å². The predicted octanol–water partition coefficient (Wildman–Crippen LogP) is -1.57. The van der Waals surface area contributed by atoms with Crippen LogP contribution in [0.4, 0.5) is 0 Å². The molecule has 10 heteroatoms. The van der Waals surface area contributed by atoms with Crippen LogP contribution in [0.1, 0.15) is 20.8 Å². The second-order valence-corrected chi connectivity index (χ2v) is 4.10. The second-order valence-electron chi connectivity index (χ2n) is 4.10. The number of rotatable bonds is 8. The molecule has 0 bridgehead atoms. The predicted molar refractivity (Wildman–Crippen MR) is 66.4 cm³/mol. The van der Waals surface area contributed by atoms with E-state index in [2.05, 4.69) is 14.2 Å². The van der Waals surface area contributed by atoms with Gasteiger partial charge in [-0.1, -0.05) is 0 Å². The molecule has 0 heterocycles. The van der Waals surface area contributed by atoms with Gasteiger partial charge in [0.05, 0.1) is 0 Å². The Balaban J connectivity index is 5.71. The topological polar surface area (TPSA) is 154 Å². The maximum absolute atomic E-state index is 11.6. The quantitative estimate of drug-likeness (QED) is 0.396. The first-order chi connectivity index (χ1) is 10.1. The number of esters is 3. The van der Waals surface area contributed by atoms with Gasteiger partial charge in [-0.15, -0.1) is 0 Å². The number of carbonyl (C=O) groups excluding carboxylic acids is 4. The number of ether oxygens (including phenoxy) is 3. The molecule has 0 radical (unpaired) electrons. The van der Waals surface area contributed by atoms with Gasteiger partial charge in [0.25, 0.3) is 0 Å². The molecule has 0 aromatic rings. The van der Waals surface area contributed by atoms with Crippen LogP contribution in [0.5, 0.6) is 0 Å². The van der Waals surface area contributed by atoms with Gasteiger partial charge in [-0.3, -0.25) is 19.2 Å². The van der Waals surface area contributed by atoms with Gasteiger partial charge in [0.2, 0.25) is 18.0 Å². The SMILES string of the molecule is CC(=O)O[C@H]([C@H](OC(C)=O)C(=O)O)[C@H](OC(C)=O)C(=O)CO. The van der Waals surface area contributed by atoms with Gasteiger partial charge in [0.1, 0.15) is 6.61 Å². The lowest BCUT2D eigenvalue weighted by Gasteiger charge is -2.28. The summed E-state index contributed by atoms with van der Waals surface area (Å²) in [5.74, 6) is -5.88. The van der Waals surface area contributed by atoms with E-state index in [1.165, 1.54) is 0 Å². The highest BCUT2D eigenvalue weighted by Gasteiger charge is 2.44. The standard InChI is InChI=1S/C12H16O10/c1-5(14)20-9(8(17)4-13)10(21-6(2)15)11(12(18)19)22-7(3)16/h9-11,13H,4H2,1-3H3,(H,18,19)/t9-,10+,11+/m1/s1. The van der Waals surface area contributed by atoms with E-state index in [-0.39, 0.29) is 0 Å². The molecule has 0 aliphatic heterocycles. The van der Waals surface area contributed by atoms with Crippen LogP contribution in [0, 0.1) is 0 Å². The zero-order valence-corrected chi connectivity index (χ0v) is 12.1. The molecule has 10 nitrogen and oxygen atoms in total. The molecular weight excluding hydrogens is 304 g/mol. The summed E-state index contributed by atoms with van der Waals surface area (Å²) in [6.45, 7) is 1.62. The summed E-state index contributed by atoms with van der Waals surface area (Å²) in [4.78, 5) is 55.9. The van der Waals surface area contributed by atoms with E-state index < -0.39 is 54.6 Å². The lowest BCUT2D eigenvalue weighted by Crippen LogP contribution is -2.52. The van der Waals surface area contributed by atoms with E-state index >= 15 is 0 Å². The minimum atomic E-state index is -2.10. The van der Waals surface area contributed by atoms with Crippen molar-refractivity contribution in [2.75, 3.05) is 6.61 Å². The van der Waals surface area contributed by atoms with Crippen molar-refractivity contribution in [2.24, 2.45) is 0 Å². The van der Waals surface area contributed by atoms with Crippen molar-refractivity contribution >= 4 is 29.7 Å².